The average molecular weight is 357 g/mol. The molecule has 4 nitrogen and oxygen atoms in total. The Kier molecular flexibility index (Phi) is 5.31. The van der Waals surface area contributed by atoms with E-state index in [1.807, 2.05) is 58.9 Å². The Bertz CT molecular complexity index is 902. The summed E-state index contributed by atoms with van der Waals surface area (Å²) in [6.45, 7) is 1.27. The van der Waals surface area contributed by atoms with E-state index in [0.29, 0.717) is 18.0 Å². The van der Waals surface area contributed by atoms with Gasteiger partial charge < -0.3 is 9.30 Å². The third kappa shape index (κ3) is 4.15. The fourth-order valence-electron chi connectivity index (χ4n) is 2.72. The number of aromatic nitrogens is 2. The molecule has 0 aliphatic carbocycles. The van der Waals surface area contributed by atoms with Crippen LogP contribution in [0.25, 0.3) is 5.69 Å². The van der Waals surface area contributed by atoms with Crippen molar-refractivity contribution in [3.8, 4) is 11.4 Å². The largest absolute Gasteiger partial charge is 0.497 e. The van der Waals surface area contributed by atoms with Crippen LogP contribution in [0.3, 0.4) is 0 Å². The minimum Gasteiger partial charge on any atom is -0.497 e. The zero-order chi connectivity index (χ0) is 17.8. The molecule has 0 aliphatic heterocycles. The molecule has 0 spiro atoms. The maximum absolute atomic E-state index is 13.3. The smallest absolute Gasteiger partial charge is 0.185 e. The first-order chi connectivity index (χ1) is 12.1. The van der Waals surface area contributed by atoms with Gasteiger partial charge in [0.2, 0.25) is 0 Å². The molecule has 1 heterocycles. The summed E-state index contributed by atoms with van der Waals surface area (Å²) in [5.41, 5.74) is 1.92. The highest BCUT2D eigenvalue weighted by Gasteiger charge is 2.06. The van der Waals surface area contributed by atoms with E-state index < -0.39 is 0 Å². The van der Waals surface area contributed by atoms with Crippen molar-refractivity contribution in [2.75, 3.05) is 14.2 Å². The van der Waals surface area contributed by atoms with E-state index in [1.54, 1.807) is 19.2 Å². The van der Waals surface area contributed by atoms with Gasteiger partial charge in [-0.2, -0.15) is 0 Å². The van der Waals surface area contributed by atoms with Crippen LogP contribution in [0.15, 0.2) is 60.9 Å². The van der Waals surface area contributed by atoms with Crippen LogP contribution in [-0.4, -0.2) is 28.2 Å². The average Bonchev–Trinajstić information content (AvgIpc) is 2.95. The number of halogens is 1. The van der Waals surface area contributed by atoms with E-state index in [1.165, 1.54) is 6.07 Å². The van der Waals surface area contributed by atoms with Crippen LogP contribution in [0.2, 0.25) is 0 Å². The third-order valence-corrected chi connectivity index (χ3v) is 4.36. The Labute approximate surface area is 151 Å². The zero-order valence-corrected chi connectivity index (χ0v) is 15.0. The lowest BCUT2D eigenvalue weighted by molar-refractivity contribution is 0.258. The van der Waals surface area contributed by atoms with Gasteiger partial charge in [0.1, 0.15) is 11.6 Å². The van der Waals surface area contributed by atoms with E-state index in [2.05, 4.69) is 4.90 Å². The third-order valence-electron chi connectivity index (χ3n) is 3.93. The van der Waals surface area contributed by atoms with E-state index in [9.17, 15) is 4.39 Å². The molecular formula is C19H20FN3OS. The first-order valence-electron chi connectivity index (χ1n) is 7.92. The molecule has 0 aliphatic rings. The monoisotopic (exact) mass is 357 g/mol. The summed E-state index contributed by atoms with van der Waals surface area (Å²) in [5, 5.41) is 0. The van der Waals surface area contributed by atoms with Gasteiger partial charge in [-0.05, 0) is 61.2 Å². The maximum Gasteiger partial charge on any atom is 0.185 e. The molecule has 3 rings (SSSR count). The first kappa shape index (κ1) is 17.4. The number of nitrogens with zero attached hydrogens (tertiary/aromatic N) is 3. The Morgan fingerprint density at radius 2 is 1.88 bits per heavy atom. The summed E-state index contributed by atoms with van der Waals surface area (Å²) in [5.74, 6) is 0.595. The van der Waals surface area contributed by atoms with Gasteiger partial charge in [0.05, 0.1) is 13.8 Å². The molecule has 0 N–H and O–H groups in total. The molecule has 25 heavy (non-hydrogen) atoms. The lowest BCUT2D eigenvalue weighted by Gasteiger charge is -2.17. The molecule has 0 saturated heterocycles. The number of benzene rings is 2. The fraction of sp³-hybridized carbons (Fsp3) is 0.211. The standard InChI is InChI=1S/C19H20FN3OS/c1-21(13-15-4-3-5-16(20)12-15)14-22-10-11-23(19(22)25)17-6-8-18(24-2)9-7-17/h3-12H,13-14H2,1-2H3. The molecule has 6 heteroatoms. The number of ether oxygens (including phenoxy) is 1. The van der Waals surface area contributed by atoms with Gasteiger partial charge in [0.25, 0.3) is 0 Å². The van der Waals surface area contributed by atoms with Crippen LogP contribution in [0, 0.1) is 10.6 Å². The Morgan fingerprint density at radius 1 is 1.12 bits per heavy atom. The second-order valence-corrected chi connectivity index (χ2v) is 6.27. The molecule has 2 aromatic carbocycles. The van der Waals surface area contributed by atoms with Crippen LogP contribution in [0.5, 0.6) is 5.75 Å². The molecule has 0 atom stereocenters. The Morgan fingerprint density at radius 3 is 2.56 bits per heavy atom. The molecule has 0 fully saturated rings. The maximum atomic E-state index is 13.3. The minimum atomic E-state index is -0.215. The van der Waals surface area contributed by atoms with E-state index in [4.69, 9.17) is 17.0 Å². The summed E-state index contributed by atoms with van der Waals surface area (Å²) < 4.78 is 23.1. The number of methoxy groups -OCH3 is 1. The first-order valence-corrected chi connectivity index (χ1v) is 8.33. The molecule has 1 aromatic heterocycles. The van der Waals surface area contributed by atoms with Crippen molar-refractivity contribution in [3.63, 3.8) is 0 Å². The molecule has 3 aromatic rings. The summed E-state index contributed by atoms with van der Waals surface area (Å²) in [7, 11) is 3.63. The number of hydrogen-bond acceptors (Lipinski definition) is 3. The summed E-state index contributed by atoms with van der Waals surface area (Å²) in [6, 6.07) is 14.4. The predicted octanol–water partition coefficient (Wildman–Crippen LogP) is 4.25. The van der Waals surface area contributed by atoms with E-state index in [-0.39, 0.29) is 5.82 Å². The lowest BCUT2D eigenvalue weighted by Crippen LogP contribution is -2.21. The molecule has 0 radical (unpaired) electrons. The lowest BCUT2D eigenvalue weighted by atomic mass is 10.2. The second kappa shape index (κ2) is 7.63. The quantitative estimate of drug-likeness (QED) is 0.616. The number of imidazole rings is 1. The SMILES string of the molecule is COc1ccc(-n2ccn(CN(C)Cc3cccc(F)c3)c2=S)cc1. The van der Waals surface area contributed by atoms with Crippen molar-refractivity contribution in [3.05, 3.63) is 77.1 Å². The van der Waals surface area contributed by atoms with Crippen LogP contribution in [0.4, 0.5) is 4.39 Å². The van der Waals surface area contributed by atoms with Gasteiger partial charge in [-0.3, -0.25) is 9.47 Å². The Balaban J connectivity index is 1.73. The van der Waals surface area contributed by atoms with Crippen molar-refractivity contribution in [2.24, 2.45) is 0 Å². The summed E-state index contributed by atoms with van der Waals surface area (Å²) in [6.07, 6.45) is 3.90. The molecule has 0 bridgehead atoms. The van der Waals surface area contributed by atoms with Crippen molar-refractivity contribution >= 4 is 12.2 Å². The normalized spacial score (nSPS) is 11.0. The van der Waals surface area contributed by atoms with Gasteiger partial charge in [0.15, 0.2) is 4.77 Å². The van der Waals surface area contributed by atoms with Crippen molar-refractivity contribution in [1.82, 2.24) is 14.0 Å². The Hall–Kier alpha value is -2.44. The molecular weight excluding hydrogens is 337 g/mol. The molecule has 130 valence electrons. The molecule has 0 saturated carbocycles. The molecule has 0 unspecified atom stereocenters. The second-order valence-electron chi connectivity index (χ2n) is 5.90. The van der Waals surface area contributed by atoms with E-state index >= 15 is 0 Å². The predicted molar refractivity (Wildman–Crippen MR) is 99.0 cm³/mol. The highest BCUT2D eigenvalue weighted by atomic mass is 32.1. The fourth-order valence-corrected chi connectivity index (χ4v) is 3.00. The van der Waals surface area contributed by atoms with Gasteiger partial charge >= 0.3 is 0 Å². The van der Waals surface area contributed by atoms with Crippen molar-refractivity contribution < 1.29 is 9.13 Å². The topological polar surface area (TPSA) is 22.3 Å². The summed E-state index contributed by atoms with van der Waals surface area (Å²) in [4.78, 5) is 2.09. The van der Waals surface area contributed by atoms with Gasteiger partial charge in [0, 0.05) is 24.6 Å². The zero-order valence-electron chi connectivity index (χ0n) is 14.2. The highest BCUT2D eigenvalue weighted by molar-refractivity contribution is 7.71. The summed E-state index contributed by atoms with van der Waals surface area (Å²) >= 11 is 5.58. The van der Waals surface area contributed by atoms with Gasteiger partial charge in [-0.25, -0.2) is 4.39 Å². The van der Waals surface area contributed by atoms with Crippen LogP contribution in [-0.2, 0) is 13.2 Å². The van der Waals surface area contributed by atoms with Crippen LogP contribution in [0.1, 0.15) is 5.56 Å². The van der Waals surface area contributed by atoms with E-state index in [0.717, 1.165) is 17.0 Å². The van der Waals surface area contributed by atoms with Crippen molar-refractivity contribution in [1.29, 1.82) is 0 Å². The van der Waals surface area contributed by atoms with Crippen molar-refractivity contribution in [2.45, 2.75) is 13.2 Å². The van der Waals surface area contributed by atoms with Gasteiger partial charge in [-0.1, -0.05) is 12.1 Å². The highest BCUT2D eigenvalue weighted by Crippen LogP contribution is 2.16. The minimum absolute atomic E-state index is 0.215. The number of hydrogen-bond donors (Lipinski definition) is 0. The number of rotatable bonds is 6. The van der Waals surface area contributed by atoms with Crippen LogP contribution >= 0.6 is 12.2 Å². The van der Waals surface area contributed by atoms with Gasteiger partial charge in [-0.15, -0.1) is 0 Å². The molecule has 0 amide bonds. The van der Waals surface area contributed by atoms with Crippen LogP contribution < -0.4 is 4.74 Å².